The third-order valence-corrected chi connectivity index (χ3v) is 4.05. The second-order valence-electron chi connectivity index (χ2n) is 5.04. The van der Waals surface area contributed by atoms with Gasteiger partial charge in [0.25, 0.3) is 5.50 Å². The summed E-state index contributed by atoms with van der Waals surface area (Å²) in [5.41, 5.74) is -2.84. The maximum Gasteiger partial charge on any atom is 0.300 e. The molecule has 0 rings (SSSR count). The maximum atomic E-state index is 13.1. The zero-order chi connectivity index (χ0) is 15.4. The van der Waals surface area contributed by atoms with E-state index < -0.39 is 21.8 Å². The van der Waals surface area contributed by atoms with Crippen molar-refractivity contribution in [2.24, 2.45) is 0 Å². The summed E-state index contributed by atoms with van der Waals surface area (Å²) in [5.74, 6) is 0. The Balaban J connectivity index is 3.40. The van der Waals surface area contributed by atoms with E-state index in [1.54, 1.807) is 0 Å². The molecule has 0 fully saturated rings. The van der Waals surface area contributed by atoms with Gasteiger partial charge < -0.3 is 0 Å². The molecule has 0 bridgehead atoms. The molecule has 1 N–H and O–H groups in total. The van der Waals surface area contributed by atoms with Crippen molar-refractivity contribution in [3.8, 4) is 0 Å². The molecular weight excluding hydrogens is 293 g/mol. The van der Waals surface area contributed by atoms with Crippen molar-refractivity contribution < 1.29 is 26.1 Å². The largest absolute Gasteiger partial charge is 0.300 e. The fraction of sp³-hybridized carbons (Fsp3) is 1.00. The lowest BCUT2D eigenvalue weighted by molar-refractivity contribution is 0.200. The molecule has 0 aliphatic carbocycles. The maximum absolute atomic E-state index is 13.1. The van der Waals surface area contributed by atoms with Crippen molar-refractivity contribution in [3.63, 3.8) is 0 Å². The Morgan fingerprint density at radius 2 is 1.20 bits per heavy atom. The summed E-state index contributed by atoms with van der Waals surface area (Å²) in [5, 5.41) is 0. The molecule has 20 heavy (non-hydrogen) atoms. The van der Waals surface area contributed by atoms with Crippen molar-refractivity contribution >= 4 is 10.1 Å². The van der Waals surface area contributed by atoms with Gasteiger partial charge in [-0.15, -0.1) is 0 Å². The van der Waals surface area contributed by atoms with E-state index in [0.29, 0.717) is 19.3 Å². The van der Waals surface area contributed by atoms with Crippen LogP contribution >= 0.6 is 0 Å². The van der Waals surface area contributed by atoms with Gasteiger partial charge in [0.2, 0.25) is 0 Å². The van der Waals surface area contributed by atoms with Crippen molar-refractivity contribution in [1.29, 1.82) is 0 Å². The highest BCUT2D eigenvalue weighted by atomic mass is 32.2. The summed E-state index contributed by atoms with van der Waals surface area (Å²) in [6.07, 6.45) is 5.29. The van der Waals surface area contributed by atoms with E-state index in [-0.39, 0.29) is 13.1 Å². The number of halogens is 3. The monoisotopic (exact) mass is 318 g/mol. The minimum Gasteiger partial charge on any atom is -0.283 e. The third kappa shape index (κ3) is 10.5. The summed E-state index contributed by atoms with van der Waals surface area (Å²) >= 11 is 0. The van der Waals surface area contributed by atoms with Gasteiger partial charge in [-0.05, 0) is 12.8 Å². The molecule has 2 atom stereocenters. The topological polar surface area (TPSA) is 54.4 Å². The highest BCUT2D eigenvalue weighted by Crippen LogP contribution is 2.18. The van der Waals surface area contributed by atoms with Crippen molar-refractivity contribution in [2.75, 3.05) is 6.67 Å². The van der Waals surface area contributed by atoms with Crippen LogP contribution in [-0.2, 0) is 10.1 Å². The quantitative estimate of drug-likeness (QED) is 0.405. The lowest BCUT2D eigenvalue weighted by atomic mass is 10.1. The van der Waals surface area contributed by atoms with E-state index in [1.165, 1.54) is 0 Å². The number of hydrogen-bond donors (Lipinski definition) is 1. The molecule has 0 aromatic heterocycles. The molecule has 0 saturated heterocycles. The Morgan fingerprint density at radius 3 is 1.60 bits per heavy atom. The number of alkyl halides is 3. The first-order valence-corrected chi connectivity index (χ1v) is 8.70. The summed E-state index contributed by atoms with van der Waals surface area (Å²) in [6.45, 7) is -0.260. The first-order valence-electron chi connectivity index (χ1n) is 7.20. The zero-order valence-corrected chi connectivity index (χ0v) is 12.6. The fourth-order valence-corrected chi connectivity index (χ4v) is 2.50. The van der Waals surface area contributed by atoms with E-state index in [0.717, 1.165) is 38.5 Å². The van der Waals surface area contributed by atoms with E-state index in [1.807, 2.05) is 0 Å². The van der Waals surface area contributed by atoms with Gasteiger partial charge in [-0.3, -0.25) is 8.94 Å². The van der Waals surface area contributed by atoms with Crippen LogP contribution in [0.5, 0.6) is 0 Å². The molecule has 0 aliphatic heterocycles. The van der Waals surface area contributed by atoms with E-state index >= 15 is 0 Å². The van der Waals surface area contributed by atoms with Crippen molar-refractivity contribution in [1.82, 2.24) is 0 Å². The van der Waals surface area contributed by atoms with Gasteiger partial charge >= 0.3 is 10.1 Å². The number of hydrogen-bond acceptors (Lipinski definition) is 2. The Bertz CT molecular complexity index is 323. The molecule has 0 saturated carbocycles. The summed E-state index contributed by atoms with van der Waals surface area (Å²) in [7, 11) is -4.93. The Morgan fingerprint density at radius 1 is 0.800 bits per heavy atom. The molecular formula is C13H25F3O3S. The van der Waals surface area contributed by atoms with Crippen molar-refractivity contribution in [3.05, 3.63) is 0 Å². The van der Waals surface area contributed by atoms with Crippen LogP contribution in [-0.4, -0.2) is 31.3 Å². The fourth-order valence-electron chi connectivity index (χ4n) is 1.99. The molecule has 122 valence electrons. The Kier molecular flexibility index (Phi) is 11.2. The highest BCUT2D eigenvalue weighted by Gasteiger charge is 2.31. The summed E-state index contributed by atoms with van der Waals surface area (Å²) < 4.78 is 66.8. The van der Waals surface area contributed by atoms with Crippen LogP contribution in [0.15, 0.2) is 0 Å². The third-order valence-electron chi connectivity index (χ3n) is 3.18. The van der Waals surface area contributed by atoms with Gasteiger partial charge in [0, 0.05) is 0 Å². The molecule has 7 heteroatoms. The van der Waals surface area contributed by atoms with Gasteiger partial charge in [0.05, 0.1) is 6.67 Å². The van der Waals surface area contributed by atoms with Crippen LogP contribution in [0.3, 0.4) is 0 Å². The minimum atomic E-state index is -4.93. The molecule has 0 aromatic rings. The van der Waals surface area contributed by atoms with E-state index in [9.17, 15) is 21.6 Å². The van der Waals surface area contributed by atoms with Crippen LogP contribution in [0.1, 0.15) is 64.2 Å². The first kappa shape index (κ1) is 19.7. The Labute approximate surface area is 119 Å². The van der Waals surface area contributed by atoms with Crippen LogP contribution in [0.2, 0.25) is 0 Å². The van der Waals surface area contributed by atoms with Gasteiger partial charge in [-0.25, -0.2) is 8.78 Å². The normalized spacial score (nSPS) is 15.2. The zero-order valence-electron chi connectivity index (χ0n) is 11.7. The van der Waals surface area contributed by atoms with Gasteiger partial charge in [-0.2, -0.15) is 8.42 Å². The summed E-state index contributed by atoms with van der Waals surface area (Å²) in [4.78, 5) is 0. The standard InChI is InChI=1S/C13H25F3O3S/c14-11-9-7-5-3-1-2-4-6-8-10-12(15)13(16)20(17,18)19/h12-13H,1-11H2,(H,17,18,19). The average molecular weight is 318 g/mol. The minimum absolute atomic E-state index is 0.197. The number of rotatable bonds is 13. The van der Waals surface area contributed by atoms with E-state index in [4.69, 9.17) is 4.55 Å². The second kappa shape index (κ2) is 11.4. The van der Waals surface area contributed by atoms with Crippen molar-refractivity contribution in [2.45, 2.75) is 75.9 Å². The summed E-state index contributed by atoms with van der Waals surface area (Å²) in [6, 6.07) is 0. The van der Waals surface area contributed by atoms with Gasteiger partial charge in [0.1, 0.15) is 6.17 Å². The van der Waals surface area contributed by atoms with Gasteiger partial charge in [-0.1, -0.05) is 51.4 Å². The molecule has 3 nitrogen and oxygen atoms in total. The number of unbranched alkanes of at least 4 members (excludes halogenated alkanes) is 8. The predicted molar refractivity (Wildman–Crippen MR) is 73.5 cm³/mol. The lowest BCUT2D eigenvalue weighted by Crippen LogP contribution is -2.26. The van der Waals surface area contributed by atoms with Crippen LogP contribution in [0, 0.1) is 0 Å². The van der Waals surface area contributed by atoms with Crippen LogP contribution < -0.4 is 0 Å². The highest BCUT2D eigenvalue weighted by molar-refractivity contribution is 7.86. The molecule has 0 amide bonds. The Hall–Kier alpha value is -0.300. The molecule has 0 heterocycles. The molecule has 0 spiro atoms. The van der Waals surface area contributed by atoms with Crippen LogP contribution in [0.25, 0.3) is 0 Å². The predicted octanol–water partition coefficient (Wildman–Crippen LogP) is 4.38. The lowest BCUT2D eigenvalue weighted by Gasteiger charge is -2.10. The second-order valence-corrected chi connectivity index (χ2v) is 6.52. The first-order chi connectivity index (χ1) is 9.39. The van der Waals surface area contributed by atoms with Gasteiger partial charge in [0.15, 0.2) is 0 Å². The SMILES string of the molecule is O=S(=O)(O)C(F)C(F)CCCCCCCCCCCF. The molecule has 0 aromatic carbocycles. The molecule has 0 radical (unpaired) electrons. The molecule has 0 aliphatic rings. The smallest absolute Gasteiger partial charge is 0.283 e. The van der Waals surface area contributed by atoms with Crippen LogP contribution in [0.4, 0.5) is 13.2 Å². The van der Waals surface area contributed by atoms with E-state index in [2.05, 4.69) is 0 Å². The molecule has 2 unspecified atom stereocenters. The average Bonchev–Trinajstić information content (AvgIpc) is 2.38.